The highest BCUT2D eigenvalue weighted by Gasteiger charge is 2.56. The molecule has 2 saturated heterocycles. The summed E-state index contributed by atoms with van der Waals surface area (Å²) < 4.78 is 64.4. The minimum Gasteiger partial charge on any atom is -0.368 e. The number of ether oxygens (including phenoxy) is 9. The number of hydrogen-bond acceptors (Lipinski definition) is 9. The Hall–Kier alpha value is -7.21. The molecular weight excluding hydrogens is 1060 g/mol. The number of benzene rings is 9. The molecule has 9 aromatic rings. The van der Waals surface area contributed by atoms with Crippen LogP contribution in [-0.4, -0.2) is 74.5 Å². The van der Waals surface area contributed by atoms with Crippen LogP contribution >= 0.6 is 7.26 Å². The Morgan fingerprint density at radius 3 is 0.857 bits per heavy atom. The van der Waals surface area contributed by atoms with Gasteiger partial charge in [0.25, 0.3) is 0 Å². The van der Waals surface area contributed by atoms with Crippen LogP contribution in [0.15, 0.2) is 285 Å². The summed E-state index contributed by atoms with van der Waals surface area (Å²) in [5, 5.41) is 3.69. The van der Waals surface area contributed by atoms with Gasteiger partial charge in [-0.3, -0.25) is 0 Å². The smallest absolute Gasteiger partial charge is 0.186 e. The van der Waals surface area contributed by atoms with Crippen molar-refractivity contribution in [1.82, 2.24) is 0 Å². The third-order valence-corrected chi connectivity index (χ3v) is 20.1. The fourth-order valence-corrected chi connectivity index (χ4v) is 15.9. The van der Waals surface area contributed by atoms with E-state index in [-0.39, 0.29) is 0 Å². The Kier molecular flexibility index (Phi) is 20.9. The van der Waals surface area contributed by atoms with Gasteiger partial charge in [0.2, 0.25) is 0 Å². The molecule has 2 aliphatic heterocycles. The Morgan fingerprint density at radius 2 is 0.548 bits per heavy atom. The molecule has 10 atom stereocenters. The normalized spacial score (nSPS) is 22.6. The fourth-order valence-electron chi connectivity index (χ4n) is 11.5. The molecule has 11 rings (SSSR count). The lowest BCUT2D eigenvalue weighted by Crippen LogP contribution is -2.62. The lowest BCUT2D eigenvalue weighted by Gasteiger charge is -2.47. The highest BCUT2D eigenvalue weighted by atomic mass is 31.2. The minimum absolute atomic E-state index is 0.290. The summed E-state index contributed by atoms with van der Waals surface area (Å²) in [6, 6.07) is 94.2. The molecule has 2 aliphatic rings. The quantitative estimate of drug-likeness (QED) is 0.0389. The van der Waals surface area contributed by atoms with Gasteiger partial charge in [0.15, 0.2) is 6.29 Å². The zero-order valence-corrected chi connectivity index (χ0v) is 48.4. The summed E-state index contributed by atoms with van der Waals surface area (Å²) in [5.74, 6) is 0. The molecule has 0 N–H and O–H groups in total. The van der Waals surface area contributed by atoms with Crippen molar-refractivity contribution in [3.05, 3.63) is 319 Å². The fraction of sp³-hybridized carbons (Fsp3) is 0.243. The van der Waals surface area contributed by atoms with Crippen molar-refractivity contribution >= 4 is 23.2 Å². The van der Waals surface area contributed by atoms with E-state index in [1.807, 2.05) is 121 Å². The molecular formula is C74H74O9P+. The molecule has 9 aromatic carbocycles. The van der Waals surface area contributed by atoms with Crippen LogP contribution in [0.4, 0.5) is 0 Å². The van der Waals surface area contributed by atoms with Gasteiger partial charge in [-0.1, -0.05) is 249 Å². The molecule has 0 unspecified atom stereocenters. The molecule has 0 saturated carbocycles. The second-order valence-corrected chi connectivity index (χ2v) is 24.8. The van der Waals surface area contributed by atoms with Gasteiger partial charge < -0.3 is 42.6 Å². The molecule has 0 amide bonds. The molecule has 0 radical (unpaired) electrons. The Bertz CT molecular complexity index is 3220. The van der Waals surface area contributed by atoms with E-state index in [2.05, 4.69) is 164 Å². The molecule has 0 aliphatic carbocycles. The average molecular weight is 1140 g/mol. The van der Waals surface area contributed by atoms with E-state index < -0.39 is 68.5 Å². The molecule has 428 valence electrons. The summed E-state index contributed by atoms with van der Waals surface area (Å²) in [7, 11) is -0.918. The third-order valence-electron chi connectivity index (χ3n) is 15.7. The highest BCUT2D eigenvalue weighted by molar-refractivity contribution is 7.95. The third kappa shape index (κ3) is 15.0. The van der Waals surface area contributed by atoms with E-state index in [4.69, 9.17) is 42.6 Å². The second kappa shape index (κ2) is 30.0. The predicted octanol–water partition coefficient (Wildman–Crippen LogP) is 13.2. The Balaban J connectivity index is 1.04. The van der Waals surface area contributed by atoms with Gasteiger partial charge in [0.05, 0.1) is 39.6 Å². The zero-order chi connectivity index (χ0) is 57.0. The van der Waals surface area contributed by atoms with Gasteiger partial charge in [0, 0.05) is 7.11 Å². The first-order valence-corrected chi connectivity index (χ1v) is 31.1. The van der Waals surface area contributed by atoms with E-state index in [0.29, 0.717) is 45.8 Å². The first-order valence-electron chi connectivity index (χ1n) is 29.1. The van der Waals surface area contributed by atoms with Gasteiger partial charge in [-0.05, 0) is 69.8 Å². The van der Waals surface area contributed by atoms with Crippen LogP contribution in [0.2, 0.25) is 0 Å². The van der Waals surface area contributed by atoms with Crippen LogP contribution in [0.3, 0.4) is 0 Å². The number of methoxy groups -OCH3 is 1. The minimum atomic E-state index is -2.57. The first kappa shape index (κ1) is 58.6. The van der Waals surface area contributed by atoms with Gasteiger partial charge in [0.1, 0.15) is 84.3 Å². The van der Waals surface area contributed by atoms with Gasteiger partial charge in [-0.2, -0.15) is 0 Å². The highest BCUT2D eigenvalue weighted by Crippen LogP contribution is 2.57. The summed E-state index contributed by atoms with van der Waals surface area (Å²) in [6.45, 7) is 1.82. The molecule has 84 heavy (non-hydrogen) atoms. The molecule has 0 spiro atoms. The number of hydrogen-bond donors (Lipinski definition) is 0. The molecule has 9 nitrogen and oxygen atoms in total. The van der Waals surface area contributed by atoms with Crippen molar-refractivity contribution < 1.29 is 42.6 Å². The van der Waals surface area contributed by atoms with Crippen LogP contribution in [0.25, 0.3) is 0 Å². The maximum Gasteiger partial charge on any atom is 0.186 e. The SMILES string of the molecule is CO[C@H]1O[C@H](C=C[C@@H]2O[C@H](C[P+](c3ccccc3)(c3ccccc3)c3ccccc3)[C@@H](OCc3ccccc3)[C@H](OCc3ccccc3)[C@H]2OCc2ccccc2)[C@@H](OCc2ccccc2)[C@H](OCc2ccccc2)[C@H]1OCc1ccccc1. The van der Waals surface area contributed by atoms with Crippen LogP contribution in [0.5, 0.6) is 0 Å². The van der Waals surface area contributed by atoms with E-state index in [0.717, 1.165) is 33.4 Å². The summed E-state index contributed by atoms with van der Waals surface area (Å²) in [4.78, 5) is 0. The maximum absolute atomic E-state index is 7.87. The van der Waals surface area contributed by atoms with Crippen molar-refractivity contribution in [2.75, 3.05) is 13.3 Å². The van der Waals surface area contributed by atoms with E-state index in [9.17, 15) is 0 Å². The molecule has 0 aromatic heterocycles. The largest absolute Gasteiger partial charge is 0.368 e. The van der Waals surface area contributed by atoms with Gasteiger partial charge in [-0.25, -0.2) is 0 Å². The lowest BCUT2D eigenvalue weighted by molar-refractivity contribution is -0.309. The van der Waals surface area contributed by atoms with Crippen LogP contribution in [-0.2, 0) is 82.3 Å². The van der Waals surface area contributed by atoms with Crippen molar-refractivity contribution in [2.24, 2.45) is 0 Å². The maximum atomic E-state index is 7.87. The van der Waals surface area contributed by atoms with Crippen molar-refractivity contribution in [1.29, 1.82) is 0 Å². The average Bonchev–Trinajstić information content (AvgIpc) is 2.16. The second-order valence-electron chi connectivity index (χ2n) is 21.3. The monoisotopic (exact) mass is 1140 g/mol. The van der Waals surface area contributed by atoms with Gasteiger partial charge in [-0.15, -0.1) is 0 Å². The van der Waals surface area contributed by atoms with Crippen LogP contribution in [0.1, 0.15) is 33.4 Å². The lowest BCUT2D eigenvalue weighted by atomic mass is 9.92. The molecule has 0 bridgehead atoms. The Labute approximate surface area is 496 Å². The summed E-state index contributed by atoms with van der Waals surface area (Å²) >= 11 is 0. The topological polar surface area (TPSA) is 83.1 Å². The number of rotatable bonds is 26. The van der Waals surface area contributed by atoms with Crippen molar-refractivity contribution in [3.8, 4) is 0 Å². The van der Waals surface area contributed by atoms with E-state index in [1.165, 1.54) is 15.9 Å². The zero-order valence-electron chi connectivity index (χ0n) is 47.5. The molecule has 2 heterocycles. The Morgan fingerprint density at radius 1 is 0.298 bits per heavy atom. The van der Waals surface area contributed by atoms with Crippen LogP contribution in [0, 0.1) is 0 Å². The van der Waals surface area contributed by atoms with Crippen LogP contribution < -0.4 is 15.9 Å². The predicted molar refractivity (Wildman–Crippen MR) is 334 cm³/mol. The molecule has 2 fully saturated rings. The molecule has 10 heteroatoms. The van der Waals surface area contributed by atoms with Gasteiger partial charge >= 0.3 is 0 Å². The van der Waals surface area contributed by atoms with Crippen molar-refractivity contribution in [3.63, 3.8) is 0 Å². The van der Waals surface area contributed by atoms with E-state index >= 15 is 0 Å². The standard InChI is InChI=1S/C74H74O9P/c1-75-74-73(81-54-61-39-21-7-22-40-61)72(80-53-60-37-19-6-20-38-60)69(77-50-57-31-13-3-14-32-57)66(83-74)48-47-65-68(76-49-56-29-11-2-12-30-56)71(79-52-59-35-17-5-18-36-59)70(78-51-58-33-15-4-16-34-58)67(82-65)55-84(62-41-23-8-24-42-62,63-43-25-9-26-44-63)64-45-27-10-28-46-64/h2-48,65-74H,49-55H2,1H3/q+1/t65-,66+,67+,68-,69+,70+,71+,72-,73+,74-/m0/s1. The summed E-state index contributed by atoms with van der Waals surface area (Å²) in [5.41, 5.74) is 6.11. The van der Waals surface area contributed by atoms with E-state index in [1.54, 1.807) is 7.11 Å². The first-order chi connectivity index (χ1) is 41.6. The van der Waals surface area contributed by atoms with Crippen molar-refractivity contribution in [2.45, 2.75) is 101 Å². The summed E-state index contributed by atoms with van der Waals surface area (Å²) in [6.07, 6.45) is -2.14.